The van der Waals surface area contributed by atoms with Crippen molar-refractivity contribution in [3.63, 3.8) is 0 Å². The summed E-state index contributed by atoms with van der Waals surface area (Å²) >= 11 is 0. The third-order valence-electron chi connectivity index (χ3n) is 1.81. The van der Waals surface area contributed by atoms with E-state index in [1.807, 2.05) is 36.4 Å². The zero-order valence-corrected chi connectivity index (χ0v) is 8.58. The minimum Gasteiger partial charge on any atom is -0.465 e. The Morgan fingerprint density at radius 2 is 2.25 bits per heavy atom. The highest BCUT2D eigenvalue weighted by atomic mass is 16.3. The smallest absolute Gasteiger partial charge is 0.146 e. The Hall–Kier alpha value is -2.36. The number of nitrogens with zero attached hydrogens (tertiary/aromatic N) is 2. The first kappa shape index (κ1) is 10.2. The quantitative estimate of drug-likeness (QED) is 0.627. The van der Waals surface area contributed by atoms with Crippen LogP contribution in [0.15, 0.2) is 58.4 Å². The summed E-state index contributed by atoms with van der Waals surface area (Å²) in [4.78, 5) is 4.06. The molecular formula is C12H11N3O. The maximum absolute atomic E-state index is 5.12. The van der Waals surface area contributed by atoms with Crippen LogP contribution < -0.4 is 5.43 Å². The van der Waals surface area contributed by atoms with Crippen molar-refractivity contribution in [2.75, 3.05) is 5.43 Å². The summed E-state index contributed by atoms with van der Waals surface area (Å²) in [6.07, 6.45) is 8.58. The first-order valence-electron chi connectivity index (χ1n) is 4.85. The highest BCUT2D eigenvalue weighted by molar-refractivity contribution is 5.77. The molecule has 0 bridgehead atoms. The summed E-state index contributed by atoms with van der Waals surface area (Å²) in [5.74, 6) is 1.51. The van der Waals surface area contributed by atoms with Gasteiger partial charge < -0.3 is 4.42 Å². The number of pyridine rings is 1. The van der Waals surface area contributed by atoms with Gasteiger partial charge in [0.25, 0.3) is 0 Å². The first-order valence-corrected chi connectivity index (χ1v) is 4.85. The topological polar surface area (TPSA) is 50.4 Å². The van der Waals surface area contributed by atoms with Gasteiger partial charge in [0.1, 0.15) is 11.6 Å². The molecule has 0 amide bonds. The summed E-state index contributed by atoms with van der Waals surface area (Å²) in [6.45, 7) is 0. The molecule has 4 heteroatoms. The predicted molar refractivity (Wildman–Crippen MR) is 64.1 cm³/mol. The van der Waals surface area contributed by atoms with Crippen molar-refractivity contribution in [3.8, 4) is 0 Å². The molecular weight excluding hydrogens is 202 g/mol. The minimum absolute atomic E-state index is 0.713. The van der Waals surface area contributed by atoms with Gasteiger partial charge in [-0.05, 0) is 36.4 Å². The van der Waals surface area contributed by atoms with Crippen molar-refractivity contribution in [3.05, 3.63) is 54.6 Å². The molecule has 0 unspecified atom stereocenters. The maximum atomic E-state index is 5.12. The van der Waals surface area contributed by atoms with Crippen molar-refractivity contribution in [2.45, 2.75) is 0 Å². The van der Waals surface area contributed by atoms with Crippen LogP contribution in [0.2, 0.25) is 0 Å². The molecule has 0 aliphatic rings. The highest BCUT2D eigenvalue weighted by Gasteiger charge is 1.85. The number of allylic oxidation sites excluding steroid dienone is 1. The molecule has 0 aliphatic carbocycles. The van der Waals surface area contributed by atoms with E-state index >= 15 is 0 Å². The molecule has 0 aliphatic heterocycles. The molecule has 4 nitrogen and oxygen atoms in total. The molecule has 2 aromatic heterocycles. The zero-order valence-electron chi connectivity index (χ0n) is 8.58. The Morgan fingerprint density at radius 1 is 1.25 bits per heavy atom. The Morgan fingerprint density at radius 3 is 3.00 bits per heavy atom. The maximum Gasteiger partial charge on any atom is 0.146 e. The lowest BCUT2D eigenvalue weighted by Crippen LogP contribution is -1.90. The summed E-state index contributed by atoms with van der Waals surface area (Å²) < 4.78 is 5.12. The monoisotopic (exact) mass is 213 g/mol. The van der Waals surface area contributed by atoms with Crippen LogP contribution in [0.1, 0.15) is 5.76 Å². The molecule has 0 atom stereocenters. The lowest BCUT2D eigenvalue weighted by Gasteiger charge is -1.95. The number of nitrogens with one attached hydrogen (secondary N) is 1. The van der Waals surface area contributed by atoms with Crippen LogP contribution in [0.5, 0.6) is 0 Å². The second-order valence-electron chi connectivity index (χ2n) is 2.98. The van der Waals surface area contributed by atoms with Crippen molar-refractivity contribution in [1.82, 2.24) is 4.98 Å². The molecule has 0 spiro atoms. The van der Waals surface area contributed by atoms with Gasteiger partial charge in [-0.2, -0.15) is 5.10 Å². The van der Waals surface area contributed by atoms with E-state index in [-0.39, 0.29) is 0 Å². The van der Waals surface area contributed by atoms with Gasteiger partial charge in [0.05, 0.1) is 6.26 Å². The Labute approximate surface area is 93.3 Å². The summed E-state index contributed by atoms with van der Waals surface area (Å²) in [5, 5.41) is 3.98. The van der Waals surface area contributed by atoms with Crippen LogP contribution in [0.3, 0.4) is 0 Å². The van der Waals surface area contributed by atoms with Gasteiger partial charge in [0.15, 0.2) is 0 Å². The summed E-state index contributed by atoms with van der Waals surface area (Å²) in [6, 6.07) is 9.29. The van der Waals surface area contributed by atoms with Crippen LogP contribution >= 0.6 is 0 Å². The Kier molecular flexibility index (Phi) is 3.50. The average Bonchev–Trinajstić information content (AvgIpc) is 2.83. The second kappa shape index (κ2) is 5.50. The van der Waals surface area contributed by atoms with Crippen molar-refractivity contribution < 1.29 is 4.42 Å². The minimum atomic E-state index is 0.713. The molecule has 80 valence electrons. The summed E-state index contributed by atoms with van der Waals surface area (Å²) in [7, 11) is 0. The summed E-state index contributed by atoms with van der Waals surface area (Å²) in [5.41, 5.74) is 2.80. The van der Waals surface area contributed by atoms with Gasteiger partial charge in [0.2, 0.25) is 0 Å². The van der Waals surface area contributed by atoms with Crippen LogP contribution in [0.4, 0.5) is 5.82 Å². The van der Waals surface area contributed by atoms with Crippen molar-refractivity contribution in [1.29, 1.82) is 0 Å². The van der Waals surface area contributed by atoms with Crippen molar-refractivity contribution in [2.24, 2.45) is 5.10 Å². The predicted octanol–water partition coefficient (Wildman–Crippen LogP) is 2.79. The number of anilines is 1. The molecule has 16 heavy (non-hydrogen) atoms. The largest absolute Gasteiger partial charge is 0.465 e. The highest BCUT2D eigenvalue weighted by Crippen LogP contribution is 2.01. The molecule has 0 radical (unpaired) electrons. The fourth-order valence-electron chi connectivity index (χ4n) is 1.10. The van der Waals surface area contributed by atoms with Gasteiger partial charge in [-0.25, -0.2) is 4.98 Å². The molecule has 0 saturated carbocycles. The zero-order chi connectivity index (χ0) is 11.1. The molecule has 0 saturated heterocycles. The Balaban J connectivity index is 1.83. The molecule has 1 N–H and O–H groups in total. The fourth-order valence-corrected chi connectivity index (χ4v) is 1.10. The van der Waals surface area contributed by atoms with E-state index < -0.39 is 0 Å². The third kappa shape index (κ3) is 3.09. The van der Waals surface area contributed by atoms with E-state index in [0.29, 0.717) is 5.82 Å². The van der Waals surface area contributed by atoms with Gasteiger partial charge in [-0.3, -0.25) is 5.43 Å². The molecule has 2 rings (SSSR count). The normalized spacial score (nSPS) is 11.2. The van der Waals surface area contributed by atoms with Crippen LogP contribution in [0, 0.1) is 0 Å². The fraction of sp³-hybridized carbons (Fsp3) is 0. The van der Waals surface area contributed by atoms with E-state index in [4.69, 9.17) is 4.42 Å². The van der Waals surface area contributed by atoms with E-state index in [1.165, 1.54) is 0 Å². The number of hydrazone groups is 1. The van der Waals surface area contributed by atoms with Gasteiger partial charge in [-0.15, -0.1) is 0 Å². The van der Waals surface area contributed by atoms with Gasteiger partial charge in [0, 0.05) is 12.4 Å². The van der Waals surface area contributed by atoms with Crippen LogP contribution in [-0.4, -0.2) is 11.2 Å². The number of hydrogen-bond donors (Lipinski definition) is 1. The van der Waals surface area contributed by atoms with E-state index in [2.05, 4.69) is 15.5 Å². The SMILES string of the molecule is C(=Cc1ccco1)C=NNc1ccccn1. The van der Waals surface area contributed by atoms with Gasteiger partial charge >= 0.3 is 0 Å². The van der Waals surface area contributed by atoms with Gasteiger partial charge in [-0.1, -0.05) is 6.07 Å². The standard InChI is InChI=1S/C12H11N3O/c1-2-8-13-12(7-1)15-14-9-3-5-11-6-4-10-16-11/h1-10H,(H,13,15). The van der Waals surface area contributed by atoms with Crippen LogP contribution in [0.25, 0.3) is 6.08 Å². The second-order valence-corrected chi connectivity index (χ2v) is 2.98. The van der Waals surface area contributed by atoms with E-state index in [0.717, 1.165) is 5.76 Å². The van der Waals surface area contributed by atoms with Crippen molar-refractivity contribution >= 4 is 18.1 Å². The Bertz CT molecular complexity index is 460. The number of aromatic nitrogens is 1. The number of hydrogen-bond acceptors (Lipinski definition) is 4. The number of rotatable bonds is 4. The first-order chi connectivity index (χ1) is 7.95. The lowest BCUT2D eigenvalue weighted by atomic mass is 10.4. The van der Waals surface area contributed by atoms with E-state index in [1.54, 1.807) is 24.8 Å². The molecule has 2 aromatic rings. The average molecular weight is 213 g/mol. The molecule has 0 fully saturated rings. The van der Waals surface area contributed by atoms with Crippen LogP contribution in [-0.2, 0) is 0 Å². The lowest BCUT2D eigenvalue weighted by molar-refractivity contribution is 0.557. The third-order valence-corrected chi connectivity index (χ3v) is 1.81. The molecule has 0 aromatic carbocycles. The number of furan rings is 1. The molecule has 2 heterocycles. The van der Waals surface area contributed by atoms with E-state index in [9.17, 15) is 0 Å².